The summed E-state index contributed by atoms with van der Waals surface area (Å²) in [6.45, 7) is 0. The number of aromatic nitrogens is 3. The first-order valence-corrected chi connectivity index (χ1v) is 10.1. The number of pyridine rings is 1. The summed E-state index contributed by atoms with van der Waals surface area (Å²) >= 11 is 12.4. The van der Waals surface area contributed by atoms with Crippen LogP contribution < -0.4 is 10.9 Å². The van der Waals surface area contributed by atoms with Gasteiger partial charge in [-0.05, 0) is 49.2 Å². The van der Waals surface area contributed by atoms with E-state index in [1.807, 2.05) is 30.3 Å². The van der Waals surface area contributed by atoms with Crippen molar-refractivity contribution in [3.05, 3.63) is 62.9 Å². The molecular weight excluding hydrogens is 395 g/mol. The fourth-order valence-electron chi connectivity index (χ4n) is 4.00. The number of aromatic amines is 1. The number of anilines is 1. The Morgan fingerprint density at radius 1 is 1.07 bits per heavy atom. The highest BCUT2D eigenvalue weighted by molar-refractivity contribution is 6.31. The molecule has 5 nitrogen and oxygen atoms in total. The van der Waals surface area contributed by atoms with Gasteiger partial charge in [-0.15, -0.1) is 0 Å². The van der Waals surface area contributed by atoms with Crippen LogP contribution in [-0.2, 0) is 0 Å². The highest BCUT2D eigenvalue weighted by Gasteiger charge is 2.21. The number of H-pyrrole nitrogens is 1. The number of hydrogen-bond acceptors (Lipinski definition) is 3. The summed E-state index contributed by atoms with van der Waals surface area (Å²) in [4.78, 5) is 18.1. The number of hydrogen-bond donors (Lipinski definition) is 2. The molecule has 4 aromatic rings. The summed E-state index contributed by atoms with van der Waals surface area (Å²) < 4.78 is 1.51. The molecule has 1 fully saturated rings. The van der Waals surface area contributed by atoms with Gasteiger partial charge in [0.05, 0.1) is 16.7 Å². The van der Waals surface area contributed by atoms with Gasteiger partial charge in [0.1, 0.15) is 11.2 Å². The second-order valence-electron chi connectivity index (χ2n) is 7.23. The smallest absolute Gasteiger partial charge is 0.282 e. The molecule has 2 heterocycles. The normalized spacial score (nSPS) is 14.9. The zero-order valence-electron chi connectivity index (χ0n) is 15.0. The molecular formula is C21H18Cl2N4O. The molecule has 0 saturated heterocycles. The van der Waals surface area contributed by atoms with Gasteiger partial charge in [0, 0.05) is 21.5 Å². The van der Waals surface area contributed by atoms with E-state index < -0.39 is 0 Å². The molecule has 0 radical (unpaired) electrons. The predicted octanol–water partition coefficient (Wildman–Crippen LogP) is 5.53. The standard InChI is InChI=1S/C21H18Cl2N4O/c22-12-4-3-7-15(10-12)27-21(28)18-19(26-27)16-11-13(23)8-9-17(16)25-20(18)24-14-5-1-2-6-14/h3-4,7-11,14,26H,1-2,5-6H2,(H,24,25). The van der Waals surface area contributed by atoms with Crippen LogP contribution in [0.2, 0.25) is 10.0 Å². The molecule has 2 N–H and O–H groups in total. The number of rotatable bonds is 3. The van der Waals surface area contributed by atoms with Gasteiger partial charge in [-0.1, -0.05) is 42.1 Å². The SMILES string of the molecule is O=c1c2c(NC3CCCC3)nc3ccc(Cl)cc3c2[nH]n1-c1cccc(Cl)c1. The third kappa shape index (κ3) is 2.95. The van der Waals surface area contributed by atoms with Crippen molar-refractivity contribution in [1.29, 1.82) is 0 Å². The lowest BCUT2D eigenvalue weighted by molar-refractivity contribution is 0.752. The van der Waals surface area contributed by atoms with Crippen molar-refractivity contribution in [3.63, 3.8) is 0 Å². The monoisotopic (exact) mass is 412 g/mol. The highest BCUT2D eigenvalue weighted by atomic mass is 35.5. The van der Waals surface area contributed by atoms with Crippen molar-refractivity contribution in [2.24, 2.45) is 0 Å². The van der Waals surface area contributed by atoms with Crippen molar-refractivity contribution in [1.82, 2.24) is 14.8 Å². The van der Waals surface area contributed by atoms with Crippen molar-refractivity contribution in [2.75, 3.05) is 5.32 Å². The number of nitrogens with zero attached hydrogens (tertiary/aromatic N) is 2. The van der Waals surface area contributed by atoms with E-state index in [1.54, 1.807) is 12.1 Å². The molecule has 0 bridgehead atoms. The minimum Gasteiger partial charge on any atom is -0.367 e. The van der Waals surface area contributed by atoms with E-state index in [-0.39, 0.29) is 5.56 Å². The van der Waals surface area contributed by atoms with Crippen LogP contribution >= 0.6 is 23.2 Å². The summed E-state index contributed by atoms with van der Waals surface area (Å²) in [5, 5.41) is 9.28. The van der Waals surface area contributed by atoms with Crippen LogP contribution in [0.5, 0.6) is 0 Å². The summed E-state index contributed by atoms with van der Waals surface area (Å²) in [7, 11) is 0. The molecule has 7 heteroatoms. The highest BCUT2D eigenvalue weighted by Crippen LogP contribution is 2.31. The summed E-state index contributed by atoms with van der Waals surface area (Å²) in [6, 6.07) is 13.1. The Morgan fingerprint density at radius 2 is 1.86 bits per heavy atom. The number of fused-ring (bicyclic) bond motifs is 3. The molecule has 2 aromatic heterocycles. The van der Waals surface area contributed by atoms with Crippen molar-refractivity contribution < 1.29 is 0 Å². The summed E-state index contributed by atoms with van der Waals surface area (Å²) in [6.07, 6.45) is 4.58. The number of nitrogens with one attached hydrogen (secondary N) is 2. The maximum absolute atomic E-state index is 13.3. The zero-order chi connectivity index (χ0) is 19.3. The molecule has 142 valence electrons. The van der Waals surface area contributed by atoms with Gasteiger partial charge in [0.25, 0.3) is 5.56 Å². The van der Waals surface area contributed by atoms with Crippen LogP contribution in [-0.4, -0.2) is 20.8 Å². The Labute approximate surface area is 171 Å². The molecule has 0 aliphatic heterocycles. The summed E-state index contributed by atoms with van der Waals surface area (Å²) in [5.41, 5.74) is 2.03. The molecule has 0 atom stereocenters. The average molecular weight is 413 g/mol. The fraction of sp³-hybridized carbons (Fsp3) is 0.238. The molecule has 0 unspecified atom stereocenters. The number of benzene rings is 2. The van der Waals surface area contributed by atoms with E-state index in [1.165, 1.54) is 17.5 Å². The van der Waals surface area contributed by atoms with Crippen LogP contribution in [0.15, 0.2) is 47.3 Å². The van der Waals surface area contributed by atoms with E-state index in [4.69, 9.17) is 28.2 Å². The van der Waals surface area contributed by atoms with Gasteiger partial charge < -0.3 is 5.32 Å². The van der Waals surface area contributed by atoms with Crippen LogP contribution in [0.1, 0.15) is 25.7 Å². The third-order valence-corrected chi connectivity index (χ3v) is 5.82. The minimum atomic E-state index is -0.160. The Hall–Kier alpha value is -2.50. The maximum atomic E-state index is 13.3. The van der Waals surface area contributed by atoms with E-state index in [2.05, 4.69) is 10.4 Å². The first kappa shape index (κ1) is 17.6. The zero-order valence-corrected chi connectivity index (χ0v) is 16.5. The van der Waals surface area contributed by atoms with Gasteiger partial charge in [-0.3, -0.25) is 9.89 Å². The molecule has 1 saturated carbocycles. The molecule has 2 aromatic carbocycles. The van der Waals surface area contributed by atoms with E-state index in [0.29, 0.717) is 33.0 Å². The van der Waals surface area contributed by atoms with Crippen molar-refractivity contribution >= 4 is 50.8 Å². The molecule has 28 heavy (non-hydrogen) atoms. The molecule has 1 aliphatic rings. The lowest BCUT2D eigenvalue weighted by Crippen LogP contribution is -2.19. The first-order chi connectivity index (χ1) is 13.6. The van der Waals surface area contributed by atoms with Gasteiger partial charge in [0.2, 0.25) is 0 Å². The first-order valence-electron chi connectivity index (χ1n) is 9.36. The predicted molar refractivity (Wildman–Crippen MR) is 115 cm³/mol. The average Bonchev–Trinajstić information content (AvgIpc) is 3.30. The Balaban J connectivity index is 1.80. The Morgan fingerprint density at radius 3 is 2.64 bits per heavy atom. The van der Waals surface area contributed by atoms with E-state index in [0.717, 1.165) is 29.3 Å². The lowest BCUT2D eigenvalue weighted by Gasteiger charge is -2.14. The molecule has 5 rings (SSSR count). The van der Waals surface area contributed by atoms with E-state index >= 15 is 0 Å². The second kappa shape index (κ2) is 6.83. The third-order valence-electron chi connectivity index (χ3n) is 5.35. The van der Waals surface area contributed by atoms with Gasteiger partial charge >= 0.3 is 0 Å². The molecule has 1 aliphatic carbocycles. The molecule has 0 amide bonds. The van der Waals surface area contributed by atoms with Gasteiger partial charge in [0.15, 0.2) is 0 Å². The minimum absolute atomic E-state index is 0.160. The van der Waals surface area contributed by atoms with Crippen LogP contribution in [0.3, 0.4) is 0 Å². The summed E-state index contributed by atoms with van der Waals surface area (Å²) in [5.74, 6) is 0.624. The Bertz CT molecular complexity index is 1250. The fourth-order valence-corrected chi connectivity index (χ4v) is 4.36. The Kier molecular flexibility index (Phi) is 4.29. The second-order valence-corrected chi connectivity index (χ2v) is 8.10. The van der Waals surface area contributed by atoms with Crippen LogP contribution in [0, 0.1) is 0 Å². The molecule has 0 spiro atoms. The van der Waals surface area contributed by atoms with E-state index in [9.17, 15) is 4.79 Å². The van der Waals surface area contributed by atoms with Crippen molar-refractivity contribution in [3.8, 4) is 5.69 Å². The topological polar surface area (TPSA) is 62.7 Å². The quantitative estimate of drug-likeness (QED) is 0.464. The lowest BCUT2D eigenvalue weighted by atomic mass is 10.1. The maximum Gasteiger partial charge on any atom is 0.282 e. The van der Waals surface area contributed by atoms with Crippen LogP contribution in [0.25, 0.3) is 27.5 Å². The number of halogens is 2. The largest absolute Gasteiger partial charge is 0.367 e. The van der Waals surface area contributed by atoms with Crippen LogP contribution in [0.4, 0.5) is 5.82 Å². The van der Waals surface area contributed by atoms with Crippen molar-refractivity contribution in [2.45, 2.75) is 31.7 Å². The van der Waals surface area contributed by atoms with Gasteiger partial charge in [-0.2, -0.15) is 0 Å². The van der Waals surface area contributed by atoms with Gasteiger partial charge in [-0.25, -0.2) is 9.67 Å².